The van der Waals surface area contributed by atoms with Crippen molar-refractivity contribution in [2.75, 3.05) is 46.4 Å². The van der Waals surface area contributed by atoms with Crippen molar-refractivity contribution in [3.05, 3.63) is 70.7 Å². The number of nitrogens with zero attached hydrogens (tertiary/aromatic N) is 2. The van der Waals surface area contributed by atoms with Gasteiger partial charge in [0, 0.05) is 50.6 Å². The van der Waals surface area contributed by atoms with Crippen LogP contribution >= 0.6 is 11.6 Å². The van der Waals surface area contributed by atoms with E-state index in [9.17, 15) is 4.79 Å². The SMILES string of the molecule is CN(CCN1CCOCC1)C(=O)CC(c1ccccc1)c1cccc(Cl)c1. The molecule has 1 aliphatic rings. The molecule has 1 amide bonds. The van der Waals surface area contributed by atoms with E-state index in [2.05, 4.69) is 17.0 Å². The quantitative estimate of drug-likeness (QED) is 0.728. The Kier molecular flexibility index (Phi) is 7.27. The fraction of sp³-hybridized carbons (Fsp3) is 0.409. The van der Waals surface area contributed by atoms with E-state index in [1.165, 1.54) is 0 Å². The molecule has 0 aliphatic carbocycles. The van der Waals surface area contributed by atoms with Gasteiger partial charge in [-0.05, 0) is 23.3 Å². The predicted molar refractivity (Wildman–Crippen MR) is 109 cm³/mol. The maximum absolute atomic E-state index is 12.9. The highest BCUT2D eigenvalue weighted by molar-refractivity contribution is 6.30. The number of rotatable bonds is 7. The molecule has 2 aromatic rings. The van der Waals surface area contributed by atoms with Gasteiger partial charge in [0.05, 0.1) is 13.2 Å². The van der Waals surface area contributed by atoms with E-state index in [0.717, 1.165) is 50.5 Å². The summed E-state index contributed by atoms with van der Waals surface area (Å²) in [4.78, 5) is 17.1. The van der Waals surface area contributed by atoms with Crippen LogP contribution in [0.4, 0.5) is 0 Å². The van der Waals surface area contributed by atoms with Crippen molar-refractivity contribution < 1.29 is 9.53 Å². The summed E-state index contributed by atoms with van der Waals surface area (Å²) in [5.74, 6) is 0.153. The molecule has 0 bridgehead atoms. The number of carbonyl (C=O) groups excluding carboxylic acids is 1. The van der Waals surface area contributed by atoms with Crippen molar-refractivity contribution in [3.63, 3.8) is 0 Å². The number of halogens is 1. The van der Waals surface area contributed by atoms with E-state index < -0.39 is 0 Å². The molecular formula is C22H27ClN2O2. The third-order valence-corrected chi connectivity index (χ3v) is 5.35. The molecule has 0 spiro atoms. The number of hydrogen-bond acceptors (Lipinski definition) is 3. The highest BCUT2D eigenvalue weighted by Gasteiger charge is 2.21. The van der Waals surface area contributed by atoms with E-state index in [0.29, 0.717) is 11.4 Å². The van der Waals surface area contributed by atoms with Crippen molar-refractivity contribution >= 4 is 17.5 Å². The molecule has 0 N–H and O–H groups in total. The lowest BCUT2D eigenvalue weighted by Gasteiger charge is -2.29. The zero-order valence-corrected chi connectivity index (χ0v) is 16.6. The van der Waals surface area contributed by atoms with Gasteiger partial charge in [-0.25, -0.2) is 0 Å². The summed E-state index contributed by atoms with van der Waals surface area (Å²) in [6, 6.07) is 18.0. The average molecular weight is 387 g/mol. The Labute approximate surface area is 166 Å². The van der Waals surface area contributed by atoms with Crippen LogP contribution in [-0.2, 0) is 9.53 Å². The van der Waals surface area contributed by atoms with Gasteiger partial charge in [0.1, 0.15) is 0 Å². The summed E-state index contributed by atoms with van der Waals surface area (Å²) in [7, 11) is 1.89. The van der Waals surface area contributed by atoms with E-state index in [1.807, 2.05) is 54.4 Å². The van der Waals surface area contributed by atoms with Gasteiger partial charge in [-0.15, -0.1) is 0 Å². The standard InChI is InChI=1S/C22H27ClN2O2/c1-24(10-11-25-12-14-27-15-13-25)22(26)17-21(18-6-3-2-4-7-18)19-8-5-9-20(23)16-19/h2-9,16,21H,10-15,17H2,1H3. The van der Waals surface area contributed by atoms with Crippen LogP contribution in [0.15, 0.2) is 54.6 Å². The highest BCUT2D eigenvalue weighted by atomic mass is 35.5. The molecule has 1 heterocycles. The first-order valence-corrected chi connectivity index (χ1v) is 9.86. The first-order valence-electron chi connectivity index (χ1n) is 9.48. The van der Waals surface area contributed by atoms with E-state index in [1.54, 1.807) is 0 Å². The maximum atomic E-state index is 12.9. The van der Waals surface area contributed by atoms with Crippen molar-refractivity contribution in [2.45, 2.75) is 12.3 Å². The normalized spacial score (nSPS) is 16.1. The summed E-state index contributed by atoms with van der Waals surface area (Å²) in [5, 5.41) is 0.696. The molecule has 0 radical (unpaired) electrons. The second-order valence-electron chi connectivity index (χ2n) is 6.99. The van der Waals surface area contributed by atoms with Crippen LogP contribution in [0.1, 0.15) is 23.5 Å². The number of benzene rings is 2. The van der Waals surface area contributed by atoms with Crippen LogP contribution in [0.5, 0.6) is 0 Å². The number of ether oxygens (including phenoxy) is 1. The molecule has 1 aliphatic heterocycles. The van der Waals surface area contributed by atoms with Crippen LogP contribution in [0, 0.1) is 0 Å². The maximum Gasteiger partial charge on any atom is 0.223 e. The minimum atomic E-state index is 0.00300. The zero-order valence-electron chi connectivity index (χ0n) is 15.8. The fourth-order valence-electron chi connectivity index (χ4n) is 3.41. The van der Waals surface area contributed by atoms with Crippen LogP contribution in [-0.4, -0.2) is 62.1 Å². The van der Waals surface area contributed by atoms with Crippen molar-refractivity contribution in [3.8, 4) is 0 Å². The van der Waals surface area contributed by atoms with Crippen molar-refractivity contribution in [2.24, 2.45) is 0 Å². The lowest BCUT2D eigenvalue weighted by Crippen LogP contribution is -2.42. The monoisotopic (exact) mass is 386 g/mol. The Hall–Kier alpha value is -1.88. The first-order chi connectivity index (χ1) is 13.1. The summed E-state index contributed by atoms with van der Waals surface area (Å²) < 4.78 is 5.38. The van der Waals surface area contributed by atoms with Gasteiger partial charge in [0.2, 0.25) is 5.91 Å². The Balaban J connectivity index is 1.66. The third kappa shape index (κ3) is 5.80. The van der Waals surface area contributed by atoms with Crippen molar-refractivity contribution in [1.82, 2.24) is 9.80 Å². The van der Waals surface area contributed by atoms with Crippen molar-refractivity contribution in [1.29, 1.82) is 0 Å². The number of amides is 1. The van der Waals surface area contributed by atoms with Gasteiger partial charge >= 0.3 is 0 Å². The van der Waals surface area contributed by atoms with E-state index >= 15 is 0 Å². The molecule has 5 heteroatoms. The van der Waals surface area contributed by atoms with Gasteiger partial charge in [-0.3, -0.25) is 9.69 Å². The first kappa shape index (κ1) is 19.9. The fourth-order valence-corrected chi connectivity index (χ4v) is 3.61. The number of likely N-dealkylation sites (N-methyl/N-ethyl adjacent to an activating group) is 1. The minimum Gasteiger partial charge on any atom is -0.379 e. The van der Waals surface area contributed by atoms with Gasteiger partial charge in [0.15, 0.2) is 0 Å². The molecule has 1 saturated heterocycles. The number of morpholine rings is 1. The summed E-state index contributed by atoms with van der Waals surface area (Å²) in [6.07, 6.45) is 0.434. The molecule has 0 aromatic heterocycles. The molecule has 1 atom stereocenters. The summed E-state index contributed by atoms with van der Waals surface area (Å²) >= 11 is 6.20. The average Bonchev–Trinajstić information content (AvgIpc) is 2.71. The van der Waals surface area contributed by atoms with Crippen LogP contribution < -0.4 is 0 Å². The van der Waals surface area contributed by atoms with Gasteiger partial charge in [-0.1, -0.05) is 54.1 Å². The van der Waals surface area contributed by atoms with Gasteiger partial charge in [-0.2, -0.15) is 0 Å². The van der Waals surface area contributed by atoms with Crippen LogP contribution in [0.25, 0.3) is 0 Å². The smallest absolute Gasteiger partial charge is 0.223 e. The molecule has 2 aromatic carbocycles. The molecule has 1 unspecified atom stereocenters. The molecule has 27 heavy (non-hydrogen) atoms. The highest BCUT2D eigenvalue weighted by Crippen LogP contribution is 2.30. The molecular weight excluding hydrogens is 360 g/mol. The molecule has 4 nitrogen and oxygen atoms in total. The topological polar surface area (TPSA) is 32.8 Å². The predicted octanol–water partition coefficient (Wildman–Crippen LogP) is 3.65. The van der Waals surface area contributed by atoms with Crippen LogP contribution in [0.3, 0.4) is 0 Å². The Morgan fingerprint density at radius 1 is 1.11 bits per heavy atom. The molecule has 144 valence electrons. The summed E-state index contributed by atoms with van der Waals surface area (Å²) in [6.45, 7) is 5.06. The van der Waals surface area contributed by atoms with Gasteiger partial charge in [0.25, 0.3) is 0 Å². The number of carbonyl (C=O) groups is 1. The summed E-state index contributed by atoms with van der Waals surface area (Å²) in [5.41, 5.74) is 2.21. The second-order valence-corrected chi connectivity index (χ2v) is 7.43. The van der Waals surface area contributed by atoms with Crippen LogP contribution in [0.2, 0.25) is 5.02 Å². The Morgan fingerprint density at radius 3 is 2.52 bits per heavy atom. The molecule has 1 fully saturated rings. The van der Waals surface area contributed by atoms with E-state index in [4.69, 9.17) is 16.3 Å². The third-order valence-electron chi connectivity index (χ3n) is 5.11. The second kappa shape index (κ2) is 9.88. The largest absolute Gasteiger partial charge is 0.379 e. The van der Waals surface area contributed by atoms with E-state index in [-0.39, 0.29) is 11.8 Å². The van der Waals surface area contributed by atoms with Gasteiger partial charge < -0.3 is 9.64 Å². The number of hydrogen-bond donors (Lipinski definition) is 0. The minimum absolute atomic E-state index is 0.00300. The Morgan fingerprint density at radius 2 is 1.81 bits per heavy atom. The lowest BCUT2D eigenvalue weighted by molar-refractivity contribution is -0.130. The zero-order chi connectivity index (χ0) is 19.1. The lowest BCUT2D eigenvalue weighted by atomic mass is 9.88. The molecule has 0 saturated carbocycles. The Bertz CT molecular complexity index is 732. The molecule has 3 rings (SSSR count).